The van der Waals surface area contributed by atoms with Crippen molar-refractivity contribution in [3.05, 3.63) is 36.2 Å². The van der Waals surface area contributed by atoms with E-state index in [0.29, 0.717) is 43.9 Å². The summed E-state index contributed by atoms with van der Waals surface area (Å²) < 4.78 is 13.2. The molecule has 0 saturated heterocycles. The molecule has 3 rings (SSSR count). The average molecular weight is 489 g/mol. The van der Waals surface area contributed by atoms with E-state index in [9.17, 15) is 14.7 Å². The minimum atomic E-state index is -0.375. The highest BCUT2D eigenvalue weighted by Crippen LogP contribution is 2.20. The fraction of sp³-hybridized carbons (Fsp3) is 0.583. The maximum Gasteiger partial charge on any atom is 0.321 e. The molecule has 0 spiro atoms. The van der Waals surface area contributed by atoms with Crippen molar-refractivity contribution in [2.24, 2.45) is 5.92 Å². The molecule has 3 amide bonds. The molecule has 3 atom stereocenters. The van der Waals surface area contributed by atoms with E-state index in [0.717, 1.165) is 5.69 Å². The number of nitrogens with one attached hydrogen (secondary N) is 1. The minimum absolute atomic E-state index is 0.0245. The summed E-state index contributed by atoms with van der Waals surface area (Å²) in [5, 5.41) is 20.7. The zero-order valence-electron chi connectivity index (χ0n) is 20.9. The fourth-order valence-corrected chi connectivity index (χ4v) is 4.02. The number of aryl methyl sites for hydroxylation is 1. The molecule has 0 bridgehead atoms. The smallest absolute Gasteiger partial charge is 0.321 e. The van der Waals surface area contributed by atoms with Crippen molar-refractivity contribution in [1.29, 1.82) is 0 Å². The number of amides is 3. The molecule has 0 unspecified atom stereocenters. The van der Waals surface area contributed by atoms with Gasteiger partial charge in [0, 0.05) is 50.8 Å². The molecular formula is C24H36N6O5. The number of carbonyl (C=O) groups is 2. The second kappa shape index (κ2) is 12.5. The van der Waals surface area contributed by atoms with Crippen LogP contribution in [0.15, 0.2) is 30.5 Å². The molecule has 1 aromatic carbocycles. The third kappa shape index (κ3) is 7.15. The Kier molecular flexibility index (Phi) is 9.44. The maximum atomic E-state index is 13.0. The first-order valence-corrected chi connectivity index (χ1v) is 11.9. The quantitative estimate of drug-likeness (QED) is 0.637. The van der Waals surface area contributed by atoms with Crippen molar-refractivity contribution in [2.45, 2.75) is 52.0 Å². The normalized spacial score (nSPS) is 20.3. The molecule has 192 valence electrons. The lowest BCUT2D eigenvalue weighted by Gasteiger charge is -2.35. The molecule has 2 heterocycles. The molecule has 0 aliphatic carbocycles. The van der Waals surface area contributed by atoms with E-state index in [4.69, 9.17) is 9.47 Å². The van der Waals surface area contributed by atoms with Crippen LogP contribution in [-0.4, -0.2) is 87.8 Å². The Morgan fingerprint density at radius 3 is 2.97 bits per heavy atom. The molecular weight excluding hydrogens is 452 g/mol. The first-order chi connectivity index (χ1) is 16.8. The predicted molar refractivity (Wildman–Crippen MR) is 130 cm³/mol. The molecule has 11 heteroatoms. The summed E-state index contributed by atoms with van der Waals surface area (Å²) in [6.07, 6.45) is 2.26. The van der Waals surface area contributed by atoms with Gasteiger partial charge in [0.1, 0.15) is 5.75 Å². The number of nitrogens with zero attached hydrogens (tertiary/aromatic N) is 5. The molecule has 2 aromatic rings. The number of aliphatic hydroxyl groups excluding tert-OH is 1. The molecule has 1 aliphatic heterocycles. The number of aromatic nitrogens is 3. The van der Waals surface area contributed by atoms with Gasteiger partial charge in [0.05, 0.1) is 44.4 Å². The number of carbonyl (C=O) groups excluding carboxylic acids is 2. The molecule has 0 radical (unpaired) electrons. The summed E-state index contributed by atoms with van der Waals surface area (Å²) in [6, 6.07) is 6.54. The summed E-state index contributed by atoms with van der Waals surface area (Å²) in [5.74, 6) is 0.516. The number of methoxy groups -OCH3 is 1. The SMILES string of the molecule is COc1cccc(NC(=O)N(C)C[C@H]2OCc3cnnn3CCCC(=O)N([C@H](C)CO)C[C@@H]2C)c1. The first kappa shape index (κ1) is 26.4. The molecule has 0 saturated carbocycles. The number of aliphatic hydroxyl groups is 1. The van der Waals surface area contributed by atoms with Crippen molar-refractivity contribution in [3.8, 4) is 5.75 Å². The Balaban J connectivity index is 1.76. The van der Waals surface area contributed by atoms with Gasteiger partial charge in [0.25, 0.3) is 0 Å². The Labute approximate surface area is 206 Å². The molecule has 0 fully saturated rings. The number of hydrogen-bond acceptors (Lipinski definition) is 7. The zero-order chi connectivity index (χ0) is 25.4. The Hall–Kier alpha value is -3.18. The van der Waals surface area contributed by atoms with Crippen molar-refractivity contribution in [3.63, 3.8) is 0 Å². The van der Waals surface area contributed by atoms with Gasteiger partial charge in [-0.1, -0.05) is 18.2 Å². The highest BCUT2D eigenvalue weighted by Gasteiger charge is 2.29. The number of hydrogen-bond donors (Lipinski definition) is 2. The standard InChI is InChI=1S/C24H36N6O5/c1-17-13-29(18(2)15-31)23(32)9-6-10-30-20(12-25-27-30)16-35-22(17)14-28(3)24(33)26-19-7-5-8-21(11-19)34-4/h5,7-8,11-12,17-18,22,31H,6,9-10,13-16H2,1-4H3,(H,26,33)/t17-,18+,22+/m0/s1. The Morgan fingerprint density at radius 2 is 2.23 bits per heavy atom. The molecule has 1 aliphatic rings. The van der Waals surface area contributed by atoms with Crippen LogP contribution in [0.1, 0.15) is 32.4 Å². The molecule has 2 N–H and O–H groups in total. The lowest BCUT2D eigenvalue weighted by atomic mass is 10.0. The third-order valence-corrected chi connectivity index (χ3v) is 6.26. The van der Waals surface area contributed by atoms with Gasteiger partial charge >= 0.3 is 6.03 Å². The fourth-order valence-electron chi connectivity index (χ4n) is 4.02. The van der Waals surface area contributed by atoms with Crippen LogP contribution < -0.4 is 10.1 Å². The topological polar surface area (TPSA) is 122 Å². The largest absolute Gasteiger partial charge is 0.497 e. The second-order valence-corrected chi connectivity index (χ2v) is 9.00. The predicted octanol–water partition coefficient (Wildman–Crippen LogP) is 1.98. The van der Waals surface area contributed by atoms with Gasteiger partial charge in [-0.15, -0.1) is 5.10 Å². The van der Waals surface area contributed by atoms with Crippen LogP contribution in [0.4, 0.5) is 10.5 Å². The van der Waals surface area contributed by atoms with Gasteiger partial charge in [0.15, 0.2) is 0 Å². The molecule has 1 aromatic heterocycles. The van der Waals surface area contributed by atoms with E-state index in [2.05, 4.69) is 15.6 Å². The van der Waals surface area contributed by atoms with E-state index >= 15 is 0 Å². The van der Waals surface area contributed by atoms with E-state index in [1.165, 1.54) is 0 Å². The summed E-state index contributed by atoms with van der Waals surface area (Å²) in [5.41, 5.74) is 1.44. The highest BCUT2D eigenvalue weighted by atomic mass is 16.5. The van der Waals surface area contributed by atoms with Crippen LogP contribution in [0.5, 0.6) is 5.75 Å². The van der Waals surface area contributed by atoms with Crippen LogP contribution in [0.2, 0.25) is 0 Å². The zero-order valence-corrected chi connectivity index (χ0v) is 20.9. The number of fused-ring (bicyclic) bond motifs is 1. The summed E-state index contributed by atoms with van der Waals surface area (Å²) in [7, 11) is 3.27. The average Bonchev–Trinajstić information content (AvgIpc) is 3.30. The third-order valence-electron chi connectivity index (χ3n) is 6.26. The minimum Gasteiger partial charge on any atom is -0.497 e. The number of anilines is 1. The number of urea groups is 1. The van der Waals surface area contributed by atoms with Crippen molar-refractivity contribution >= 4 is 17.6 Å². The van der Waals surface area contributed by atoms with Crippen molar-refractivity contribution < 1.29 is 24.2 Å². The van der Waals surface area contributed by atoms with Gasteiger partial charge in [-0.2, -0.15) is 0 Å². The van der Waals surface area contributed by atoms with Crippen LogP contribution in [0.3, 0.4) is 0 Å². The second-order valence-electron chi connectivity index (χ2n) is 9.00. The summed E-state index contributed by atoms with van der Waals surface area (Å²) >= 11 is 0. The number of rotatable bonds is 6. The molecule has 11 nitrogen and oxygen atoms in total. The Bertz CT molecular complexity index is 983. The van der Waals surface area contributed by atoms with E-state index in [-0.39, 0.29) is 43.2 Å². The Morgan fingerprint density at radius 1 is 1.43 bits per heavy atom. The van der Waals surface area contributed by atoms with E-state index < -0.39 is 0 Å². The lowest BCUT2D eigenvalue weighted by molar-refractivity contribution is -0.136. The van der Waals surface area contributed by atoms with Crippen LogP contribution in [0.25, 0.3) is 0 Å². The summed E-state index contributed by atoms with van der Waals surface area (Å²) in [4.78, 5) is 29.1. The van der Waals surface area contributed by atoms with Gasteiger partial charge in [-0.3, -0.25) is 4.79 Å². The van der Waals surface area contributed by atoms with Gasteiger partial charge in [0.2, 0.25) is 5.91 Å². The van der Waals surface area contributed by atoms with Gasteiger partial charge in [-0.05, 0) is 25.5 Å². The number of likely N-dealkylation sites (N-methyl/N-ethyl adjacent to an activating group) is 1. The van der Waals surface area contributed by atoms with E-state index in [1.807, 2.05) is 13.8 Å². The lowest BCUT2D eigenvalue weighted by Crippen LogP contribution is -2.48. The van der Waals surface area contributed by atoms with Crippen LogP contribution in [0, 0.1) is 5.92 Å². The first-order valence-electron chi connectivity index (χ1n) is 11.9. The molecule has 35 heavy (non-hydrogen) atoms. The maximum absolute atomic E-state index is 13.0. The van der Waals surface area contributed by atoms with Crippen molar-refractivity contribution in [2.75, 3.05) is 39.2 Å². The number of benzene rings is 1. The summed E-state index contributed by atoms with van der Waals surface area (Å²) in [6.45, 7) is 5.24. The van der Waals surface area contributed by atoms with E-state index in [1.54, 1.807) is 59.1 Å². The monoisotopic (exact) mass is 488 g/mol. The van der Waals surface area contributed by atoms with Gasteiger partial charge in [-0.25, -0.2) is 9.48 Å². The van der Waals surface area contributed by atoms with Crippen molar-refractivity contribution in [1.82, 2.24) is 24.8 Å². The number of ether oxygens (including phenoxy) is 2. The van der Waals surface area contributed by atoms with Crippen LogP contribution in [-0.2, 0) is 22.7 Å². The highest BCUT2D eigenvalue weighted by molar-refractivity contribution is 5.89. The van der Waals surface area contributed by atoms with Gasteiger partial charge < -0.3 is 29.7 Å². The van der Waals surface area contributed by atoms with Crippen LogP contribution >= 0.6 is 0 Å².